The number of piperazine rings is 1. The number of pyridine rings is 1. The maximum atomic E-state index is 13.0. The van der Waals surface area contributed by atoms with Crippen molar-refractivity contribution < 1.29 is 14.7 Å². The number of carbonyl (C=O) groups excluding carboxylic acids is 1. The highest BCUT2D eigenvalue weighted by Gasteiger charge is 2.46. The van der Waals surface area contributed by atoms with E-state index in [1.165, 1.54) is 5.69 Å². The number of benzene rings is 1. The lowest BCUT2D eigenvalue weighted by Crippen LogP contribution is -2.57. The largest absolute Gasteiger partial charge is 0.465 e. The van der Waals surface area contributed by atoms with Gasteiger partial charge in [0.05, 0.1) is 11.6 Å². The van der Waals surface area contributed by atoms with Crippen LogP contribution in [-0.4, -0.2) is 88.8 Å². The number of fused-ring (bicyclic) bond motifs is 2. The van der Waals surface area contributed by atoms with E-state index in [-0.39, 0.29) is 30.1 Å². The Labute approximate surface area is 238 Å². The summed E-state index contributed by atoms with van der Waals surface area (Å²) < 4.78 is 0. The molecule has 9 heteroatoms. The number of nitrogens with zero attached hydrogens (tertiary/aromatic N) is 5. The first kappa shape index (κ1) is 28.2. The van der Waals surface area contributed by atoms with E-state index >= 15 is 0 Å². The van der Waals surface area contributed by atoms with Crippen molar-refractivity contribution in [2.24, 2.45) is 0 Å². The molecule has 2 aromatic rings. The van der Waals surface area contributed by atoms with Crippen molar-refractivity contribution >= 4 is 23.5 Å². The lowest BCUT2D eigenvalue weighted by Gasteiger charge is -2.47. The summed E-state index contributed by atoms with van der Waals surface area (Å²) in [6.45, 7) is 12.1. The normalized spacial score (nSPS) is 24.1. The molecule has 4 atom stereocenters. The van der Waals surface area contributed by atoms with Crippen LogP contribution in [-0.2, 0) is 0 Å². The molecule has 1 aromatic heterocycles. The number of likely N-dealkylation sites (N-methyl/N-ethyl adjacent to an activating group) is 1. The van der Waals surface area contributed by atoms with Crippen LogP contribution < -0.4 is 15.1 Å². The van der Waals surface area contributed by atoms with Crippen LogP contribution in [0, 0.1) is 0 Å². The van der Waals surface area contributed by atoms with Gasteiger partial charge in [0.1, 0.15) is 5.82 Å². The van der Waals surface area contributed by atoms with Crippen LogP contribution in [0.3, 0.4) is 0 Å². The molecule has 0 unspecified atom stereocenters. The Kier molecular flexibility index (Phi) is 7.95. The maximum Gasteiger partial charge on any atom is 0.407 e. The van der Waals surface area contributed by atoms with Crippen molar-refractivity contribution in [2.75, 3.05) is 43.0 Å². The molecule has 3 fully saturated rings. The Morgan fingerprint density at radius 3 is 2.15 bits per heavy atom. The zero-order valence-corrected chi connectivity index (χ0v) is 24.5. The Hall–Kier alpha value is -3.33. The number of hydrogen-bond donors (Lipinski definition) is 2. The van der Waals surface area contributed by atoms with Crippen molar-refractivity contribution in [1.29, 1.82) is 0 Å². The van der Waals surface area contributed by atoms with Crippen LogP contribution >= 0.6 is 0 Å². The Bertz CT molecular complexity index is 1170. The molecule has 9 nitrogen and oxygen atoms in total. The van der Waals surface area contributed by atoms with Gasteiger partial charge in [0.25, 0.3) is 5.91 Å². The Balaban J connectivity index is 1.19. The number of amides is 2. The van der Waals surface area contributed by atoms with E-state index in [4.69, 9.17) is 4.98 Å². The molecule has 0 radical (unpaired) electrons. The third-order valence-electron chi connectivity index (χ3n) is 8.89. The molecule has 40 heavy (non-hydrogen) atoms. The van der Waals surface area contributed by atoms with Crippen LogP contribution in [0.5, 0.6) is 0 Å². The molecular formula is C31H44N6O3. The van der Waals surface area contributed by atoms with Gasteiger partial charge in [0, 0.05) is 61.7 Å². The van der Waals surface area contributed by atoms with E-state index in [2.05, 4.69) is 51.3 Å². The molecular weight excluding hydrogens is 504 g/mol. The monoisotopic (exact) mass is 548 g/mol. The maximum absolute atomic E-state index is 13.0. The zero-order valence-electron chi connectivity index (χ0n) is 24.5. The van der Waals surface area contributed by atoms with Gasteiger partial charge in [-0.3, -0.25) is 4.79 Å². The van der Waals surface area contributed by atoms with Gasteiger partial charge in [0.15, 0.2) is 0 Å². The number of rotatable bonds is 6. The average molecular weight is 549 g/mol. The van der Waals surface area contributed by atoms with E-state index in [1.54, 1.807) is 11.1 Å². The first-order valence-corrected chi connectivity index (χ1v) is 14.6. The Morgan fingerprint density at radius 2 is 1.62 bits per heavy atom. The smallest absolute Gasteiger partial charge is 0.407 e. The number of aromatic nitrogens is 1. The summed E-state index contributed by atoms with van der Waals surface area (Å²) in [5, 5.41) is 13.0. The number of piperidine rings is 1. The Morgan fingerprint density at radius 1 is 1.00 bits per heavy atom. The zero-order chi connectivity index (χ0) is 28.6. The minimum Gasteiger partial charge on any atom is -0.465 e. The van der Waals surface area contributed by atoms with Crippen LogP contribution in [0.2, 0.25) is 0 Å². The summed E-state index contributed by atoms with van der Waals surface area (Å²) in [5.41, 5.74) is 2.40. The molecule has 3 aliphatic heterocycles. The molecule has 0 saturated carbocycles. The van der Waals surface area contributed by atoms with Gasteiger partial charge in [-0.05, 0) is 90.3 Å². The lowest BCUT2D eigenvalue weighted by molar-refractivity contribution is 0.0558. The summed E-state index contributed by atoms with van der Waals surface area (Å²) >= 11 is 0. The van der Waals surface area contributed by atoms with Gasteiger partial charge in [-0.25, -0.2) is 9.78 Å². The van der Waals surface area contributed by atoms with Gasteiger partial charge < -0.3 is 30.0 Å². The van der Waals surface area contributed by atoms with Crippen LogP contribution in [0.25, 0.3) is 0 Å². The first-order chi connectivity index (χ1) is 19.0. The highest BCUT2D eigenvalue weighted by atomic mass is 16.4. The number of hydrogen-bond acceptors (Lipinski definition) is 6. The van der Waals surface area contributed by atoms with Gasteiger partial charge in [-0.1, -0.05) is 12.1 Å². The topological polar surface area (TPSA) is 92.2 Å². The standard InChI is InChI=1S/C31H44N6O3/c1-21(22-6-9-24(10-7-22)35-16-14-34(5)15-17-35)33-29(38)23-8-13-28(32-20-23)36-25-11-12-26(36)19-27(18-25)37(30(39)40)31(2,3)4/h6-10,13,20-21,25-27H,11-12,14-19H2,1-5H3,(H,33,38)(H,39,40)/t21-,25-,26+,27+/m0/s1. The molecule has 0 spiro atoms. The van der Waals surface area contributed by atoms with Gasteiger partial charge >= 0.3 is 6.09 Å². The predicted molar refractivity (Wildman–Crippen MR) is 158 cm³/mol. The van der Waals surface area contributed by atoms with Crippen molar-refractivity contribution in [2.45, 2.75) is 83.1 Å². The molecule has 2 N–H and O–H groups in total. The van der Waals surface area contributed by atoms with Gasteiger partial charge in [-0.2, -0.15) is 0 Å². The average Bonchev–Trinajstić information content (AvgIpc) is 3.18. The van der Waals surface area contributed by atoms with Crippen LogP contribution in [0.4, 0.5) is 16.3 Å². The molecule has 216 valence electrons. The van der Waals surface area contributed by atoms with E-state index in [1.807, 2.05) is 39.8 Å². The van der Waals surface area contributed by atoms with Crippen LogP contribution in [0.1, 0.15) is 75.3 Å². The fourth-order valence-corrected chi connectivity index (χ4v) is 6.80. The molecule has 1 aromatic carbocycles. The van der Waals surface area contributed by atoms with E-state index in [0.717, 1.165) is 63.2 Å². The summed E-state index contributed by atoms with van der Waals surface area (Å²) in [6, 6.07) is 12.7. The molecule has 4 heterocycles. The van der Waals surface area contributed by atoms with Crippen LogP contribution in [0.15, 0.2) is 42.6 Å². The number of carbonyl (C=O) groups is 2. The second kappa shape index (κ2) is 11.3. The second-order valence-electron chi connectivity index (χ2n) is 12.7. The SMILES string of the molecule is C[C@H](NC(=O)c1ccc(N2[C@@H]3CC[C@H]2C[C@@H](N(C(=O)O)C(C)(C)C)C3)nc1)c1ccc(N2CCN(C)CC2)cc1. The number of nitrogens with one attached hydrogen (secondary N) is 1. The number of anilines is 2. The minimum atomic E-state index is -0.848. The summed E-state index contributed by atoms with van der Waals surface area (Å²) in [6.07, 6.45) is 4.49. The predicted octanol–water partition coefficient (Wildman–Crippen LogP) is 4.60. The third-order valence-corrected chi connectivity index (χ3v) is 8.89. The van der Waals surface area contributed by atoms with Crippen molar-refractivity contribution in [3.8, 4) is 0 Å². The second-order valence-corrected chi connectivity index (χ2v) is 12.7. The van der Waals surface area contributed by atoms with E-state index in [9.17, 15) is 14.7 Å². The summed E-state index contributed by atoms with van der Waals surface area (Å²) in [5.74, 6) is 0.728. The quantitative estimate of drug-likeness (QED) is 0.545. The minimum absolute atomic E-state index is 0.00779. The number of carboxylic acid groups (broad SMARTS) is 1. The third kappa shape index (κ3) is 5.89. The lowest BCUT2D eigenvalue weighted by atomic mass is 9.92. The highest BCUT2D eigenvalue weighted by molar-refractivity contribution is 5.94. The fraction of sp³-hybridized carbons (Fsp3) is 0.581. The van der Waals surface area contributed by atoms with E-state index < -0.39 is 11.6 Å². The molecule has 5 rings (SSSR count). The first-order valence-electron chi connectivity index (χ1n) is 14.6. The van der Waals surface area contributed by atoms with Crippen molar-refractivity contribution in [1.82, 2.24) is 20.1 Å². The van der Waals surface area contributed by atoms with Crippen molar-refractivity contribution in [3.05, 3.63) is 53.7 Å². The fourth-order valence-electron chi connectivity index (χ4n) is 6.80. The van der Waals surface area contributed by atoms with Gasteiger partial charge in [-0.15, -0.1) is 0 Å². The molecule has 2 bridgehead atoms. The van der Waals surface area contributed by atoms with E-state index in [0.29, 0.717) is 5.56 Å². The van der Waals surface area contributed by atoms with Crippen molar-refractivity contribution in [3.63, 3.8) is 0 Å². The molecule has 3 aliphatic rings. The molecule has 0 aliphatic carbocycles. The molecule has 3 saturated heterocycles. The van der Waals surface area contributed by atoms with Gasteiger partial charge in [0.2, 0.25) is 0 Å². The molecule has 2 amide bonds. The summed E-state index contributed by atoms with van der Waals surface area (Å²) in [7, 11) is 2.16. The summed E-state index contributed by atoms with van der Waals surface area (Å²) in [4.78, 5) is 38.5. The highest BCUT2D eigenvalue weighted by Crippen LogP contribution is 2.41.